The molecule has 3 heteroatoms. The van der Waals surface area contributed by atoms with Crippen LogP contribution in [-0.2, 0) is 0 Å². The first-order valence-corrected chi connectivity index (χ1v) is 4.78. The lowest BCUT2D eigenvalue weighted by atomic mass is 9.95. The van der Waals surface area contributed by atoms with E-state index < -0.39 is 0 Å². The summed E-state index contributed by atoms with van der Waals surface area (Å²) in [6, 6.07) is 0.353. The molecule has 0 aromatic heterocycles. The van der Waals surface area contributed by atoms with E-state index in [1.807, 2.05) is 0 Å². The van der Waals surface area contributed by atoms with Crippen LogP contribution in [0.2, 0.25) is 0 Å². The first-order valence-electron chi connectivity index (χ1n) is 4.78. The summed E-state index contributed by atoms with van der Waals surface area (Å²) in [6.45, 7) is 4.96. The van der Waals surface area contributed by atoms with Gasteiger partial charge in [0.25, 0.3) is 0 Å². The number of piperidine rings is 1. The summed E-state index contributed by atoms with van der Waals surface area (Å²) < 4.78 is 11.9. The third-order valence-electron chi connectivity index (χ3n) is 2.66. The van der Waals surface area contributed by atoms with Crippen LogP contribution in [0.1, 0.15) is 19.8 Å². The van der Waals surface area contributed by atoms with E-state index in [4.69, 9.17) is 5.73 Å². The highest BCUT2D eigenvalue weighted by Crippen LogP contribution is 2.14. The highest BCUT2D eigenvalue weighted by Gasteiger charge is 2.22. The zero-order valence-electron chi connectivity index (χ0n) is 7.80. The van der Waals surface area contributed by atoms with Crippen LogP contribution in [0, 0.1) is 5.92 Å². The van der Waals surface area contributed by atoms with Crippen LogP contribution in [0.3, 0.4) is 0 Å². The maximum atomic E-state index is 11.9. The van der Waals surface area contributed by atoms with E-state index in [9.17, 15) is 4.39 Å². The summed E-state index contributed by atoms with van der Waals surface area (Å²) in [5.41, 5.74) is 5.87. The second-order valence-corrected chi connectivity index (χ2v) is 3.77. The Morgan fingerprint density at radius 3 is 2.92 bits per heavy atom. The highest BCUT2D eigenvalue weighted by atomic mass is 19.1. The van der Waals surface area contributed by atoms with E-state index in [-0.39, 0.29) is 6.67 Å². The standard InChI is InChI=1S/C9H19FN2/c1-8-7-12(5-2-4-10)6-3-9(8)11/h8-9H,2-7,11H2,1H3. The van der Waals surface area contributed by atoms with Gasteiger partial charge >= 0.3 is 0 Å². The summed E-state index contributed by atoms with van der Waals surface area (Å²) in [6.07, 6.45) is 1.73. The fourth-order valence-corrected chi connectivity index (χ4v) is 1.74. The Labute approximate surface area is 73.9 Å². The van der Waals surface area contributed by atoms with Crippen molar-refractivity contribution in [1.82, 2.24) is 4.90 Å². The molecule has 0 radical (unpaired) electrons. The number of nitrogens with two attached hydrogens (primary N) is 1. The van der Waals surface area contributed by atoms with Crippen molar-refractivity contribution in [3.05, 3.63) is 0 Å². The van der Waals surface area contributed by atoms with Crippen LogP contribution in [0.4, 0.5) is 4.39 Å². The number of hydrogen-bond acceptors (Lipinski definition) is 2. The molecular weight excluding hydrogens is 155 g/mol. The topological polar surface area (TPSA) is 29.3 Å². The van der Waals surface area contributed by atoms with Gasteiger partial charge in [0.1, 0.15) is 0 Å². The third-order valence-corrected chi connectivity index (χ3v) is 2.66. The molecule has 1 saturated heterocycles. The Morgan fingerprint density at radius 2 is 2.33 bits per heavy atom. The average molecular weight is 174 g/mol. The van der Waals surface area contributed by atoms with Crippen molar-refractivity contribution in [3.8, 4) is 0 Å². The third kappa shape index (κ3) is 2.72. The average Bonchev–Trinajstić information content (AvgIpc) is 2.07. The van der Waals surface area contributed by atoms with Gasteiger partial charge in [0.15, 0.2) is 0 Å². The Balaban J connectivity index is 2.21. The number of hydrogen-bond donors (Lipinski definition) is 1. The molecule has 0 amide bonds. The predicted molar refractivity (Wildman–Crippen MR) is 48.8 cm³/mol. The molecule has 1 rings (SSSR count). The summed E-state index contributed by atoms with van der Waals surface area (Å²) in [7, 11) is 0. The van der Waals surface area contributed by atoms with Crippen molar-refractivity contribution in [2.24, 2.45) is 11.7 Å². The molecule has 12 heavy (non-hydrogen) atoms. The molecule has 2 unspecified atom stereocenters. The lowest BCUT2D eigenvalue weighted by Gasteiger charge is -2.34. The quantitative estimate of drug-likeness (QED) is 0.692. The molecule has 0 aromatic carbocycles. The molecule has 2 nitrogen and oxygen atoms in total. The van der Waals surface area contributed by atoms with E-state index in [2.05, 4.69) is 11.8 Å². The molecule has 0 saturated carbocycles. The zero-order chi connectivity index (χ0) is 8.97. The van der Waals surface area contributed by atoms with Gasteiger partial charge in [0.2, 0.25) is 0 Å². The van der Waals surface area contributed by atoms with Crippen LogP contribution < -0.4 is 5.73 Å². The predicted octanol–water partition coefficient (Wildman–Crippen LogP) is 1.02. The Kier molecular flexibility index (Phi) is 3.95. The van der Waals surface area contributed by atoms with Gasteiger partial charge < -0.3 is 10.6 Å². The van der Waals surface area contributed by atoms with Crippen LogP contribution in [0.15, 0.2) is 0 Å². The first-order chi connectivity index (χ1) is 5.74. The van der Waals surface area contributed by atoms with Gasteiger partial charge in [-0.05, 0) is 25.3 Å². The molecule has 1 heterocycles. The smallest absolute Gasteiger partial charge is 0.0906 e. The summed E-state index contributed by atoms with van der Waals surface area (Å²) in [4.78, 5) is 2.31. The maximum Gasteiger partial charge on any atom is 0.0906 e. The van der Waals surface area contributed by atoms with Crippen molar-refractivity contribution in [2.75, 3.05) is 26.3 Å². The van der Waals surface area contributed by atoms with Crippen LogP contribution in [-0.4, -0.2) is 37.3 Å². The molecule has 0 spiro atoms. The number of nitrogens with zero attached hydrogens (tertiary/aromatic N) is 1. The second kappa shape index (κ2) is 4.77. The zero-order valence-corrected chi connectivity index (χ0v) is 7.80. The molecule has 0 aliphatic carbocycles. The first kappa shape index (κ1) is 9.93. The lowest BCUT2D eigenvalue weighted by Crippen LogP contribution is -2.46. The Hall–Kier alpha value is -0.150. The molecular formula is C9H19FN2. The lowest BCUT2D eigenvalue weighted by molar-refractivity contribution is 0.159. The fraction of sp³-hybridized carbons (Fsp3) is 1.00. The molecule has 1 aliphatic heterocycles. The van der Waals surface area contributed by atoms with Gasteiger partial charge in [-0.15, -0.1) is 0 Å². The van der Waals surface area contributed by atoms with Gasteiger partial charge in [-0.2, -0.15) is 0 Å². The van der Waals surface area contributed by atoms with E-state index in [0.29, 0.717) is 18.4 Å². The van der Waals surface area contributed by atoms with Crippen molar-refractivity contribution in [2.45, 2.75) is 25.8 Å². The van der Waals surface area contributed by atoms with Gasteiger partial charge in [0.05, 0.1) is 6.67 Å². The minimum absolute atomic E-state index is 0.197. The van der Waals surface area contributed by atoms with E-state index in [0.717, 1.165) is 26.1 Å². The van der Waals surface area contributed by atoms with Crippen LogP contribution in [0.25, 0.3) is 0 Å². The monoisotopic (exact) mass is 174 g/mol. The molecule has 1 aliphatic rings. The van der Waals surface area contributed by atoms with Crippen LogP contribution >= 0.6 is 0 Å². The Morgan fingerprint density at radius 1 is 1.58 bits per heavy atom. The highest BCUT2D eigenvalue weighted by molar-refractivity contribution is 4.79. The molecule has 2 atom stereocenters. The van der Waals surface area contributed by atoms with E-state index in [1.165, 1.54) is 0 Å². The minimum Gasteiger partial charge on any atom is -0.327 e. The van der Waals surface area contributed by atoms with Crippen LogP contribution in [0.5, 0.6) is 0 Å². The van der Waals surface area contributed by atoms with E-state index >= 15 is 0 Å². The van der Waals surface area contributed by atoms with Crippen molar-refractivity contribution in [1.29, 1.82) is 0 Å². The number of alkyl halides is 1. The molecule has 2 N–H and O–H groups in total. The number of rotatable bonds is 3. The van der Waals surface area contributed by atoms with E-state index in [1.54, 1.807) is 0 Å². The summed E-state index contributed by atoms with van der Waals surface area (Å²) in [5, 5.41) is 0. The second-order valence-electron chi connectivity index (χ2n) is 3.77. The molecule has 72 valence electrons. The summed E-state index contributed by atoms with van der Waals surface area (Å²) in [5.74, 6) is 0.568. The van der Waals surface area contributed by atoms with Gasteiger partial charge in [-0.25, -0.2) is 0 Å². The van der Waals surface area contributed by atoms with Gasteiger partial charge in [-0.1, -0.05) is 6.92 Å². The minimum atomic E-state index is -0.197. The fourth-order valence-electron chi connectivity index (χ4n) is 1.74. The van der Waals surface area contributed by atoms with Crippen molar-refractivity contribution < 1.29 is 4.39 Å². The van der Waals surface area contributed by atoms with Gasteiger partial charge in [-0.3, -0.25) is 4.39 Å². The van der Waals surface area contributed by atoms with Gasteiger partial charge in [0, 0.05) is 19.1 Å². The number of halogens is 1. The number of likely N-dealkylation sites (tertiary alicyclic amines) is 1. The SMILES string of the molecule is CC1CN(CCCF)CCC1N. The molecule has 0 bridgehead atoms. The maximum absolute atomic E-state index is 11.9. The Bertz CT molecular complexity index is 128. The molecule has 0 aromatic rings. The van der Waals surface area contributed by atoms with Crippen molar-refractivity contribution in [3.63, 3.8) is 0 Å². The largest absolute Gasteiger partial charge is 0.327 e. The normalized spacial score (nSPS) is 32.2. The van der Waals surface area contributed by atoms with Crippen molar-refractivity contribution >= 4 is 0 Å². The molecule has 1 fully saturated rings. The summed E-state index contributed by atoms with van der Waals surface area (Å²) >= 11 is 0.